The first-order valence-corrected chi connectivity index (χ1v) is 7.92. The highest BCUT2D eigenvalue weighted by molar-refractivity contribution is 7.92. The fourth-order valence-corrected chi connectivity index (χ4v) is 3.04. The zero-order chi connectivity index (χ0) is 16.5. The first-order valence-electron chi connectivity index (χ1n) is 6.06. The first kappa shape index (κ1) is 16.6. The van der Waals surface area contributed by atoms with Gasteiger partial charge in [-0.2, -0.15) is 13.2 Å². The number of alkyl halides is 3. The van der Waals surface area contributed by atoms with Crippen molar-refractivity contribution in [2.24, 2.45) is 0 Å². The van der Waals surface area contributed by atoms with Gasteiger partial charge in [0.25, 0.3) is 10.0 Å². The van der Waals surface area contributed by atoms with E-state index in [1.54, 1.807) is 19.1 Å². The van der Waals surface area contributed by atoms with E-state index in [1.807, 2.05) is 0 Å². The van der Waals surface area contributed by atoms with Crippen LogP contribution in [0.5, 0.6) is 0 Å². The highest BCUT2D eigenvalue weighted by Crippen LogP contribution is 2.30. The summed E-state index contributed by atoms with van der Waals surface area (Å²) in [4.78, 5) is -0.264. The molecule has 0 aromatic heterocycles. The van der Waals surface area contributed by atoms with Crippen LogP contribution in [0.15, 0.2) is 47.4 Å². The average molecular weight is 350 g/mol. The molecule has 0 unspecified atom stereocenters. The van der Waals surface area contributed by atoms with Crippen LogP contribution in [0.4, 0.5) is 18.9 Å². The smallest absolute Gasteiger partial charge is 0.279 e. The van der Waals surface area contributed by atoms with Gasteiger partial charge in [-0.15, -0.1) is 0 Å². The number of halogens is 4. The molecule has 0 aliphatic carbocycles. The lowest BCUT2D eigenvalue weighted by Gasteiger charge is -2.12. The Labute approximate surface area is 130 Å². The topological polar surface area (TPSA) is 46.2 Å². The molecule has 2 aromatic rings. The average Bonchev–Trinajstić information content (AvgIpc) is 2.43. The minimum absolute atomic E-state index is 0.264. The highest BCUT2D eigenvalue weighted by atomic mass is 35.5. The van der Waals surface area contributed by atoms with Gasteiger partial charge in [0.15, 0.2) is 0 Å². The van der Waals surface area contributed by atoms with Crippen LogP contribution in [-0.2, 0) is 16.2 Å². The first-order chi connectivity index (χ1) is 10.1. The second kappa shape index (κ2) is 5.81. The molecule has 0 bridgehead atoms. The van der Waals surface area contributed by atoms with E-state index in [0.717, 1.165) is 24.3 Å². The van der Waals surface area contributed by atoms with Crippen molar-refractivity contribution in [3.63, 3.8) is 0 Å². The van der Waals surface area contributed by atoms with Crippen LogP contribution in [0.25, 0.3) is 0 Å². The molecule has 0 atom stereocenters. The van der Waals surface area contributed by atoms with Gasteiger partial charge in [0.05, 0.1) is 16.1 Å². The van der Waals surface area contributed by atoms with Gasteiger partial charge in [-0.1, -0.05) is 17.7 Å². The standard InChI is InChI=1S/C14H11ClF3NO2S/c1-9-12(15)3-2-4-13(9)19-22(20,21)11-7-5-10(6-8-11)14(16,17)18/h2-8,19H,1H3. The second-order valence-corrected chi connectivity index (χ2v) is 6.63. The Hall–Kier alpha value is -1.73. The number of hydrogen-bond acceptors (Lipinski definition) is 2. The summed E-state index contributed by atoms with van der Waals surface area (Å²) >= 11 is 5.90. The quantitative estimate of drug-likeness (QED) is 0.888. The molecule has 0 aliphatic rings. The Bertz CT molecular complexity index is 787. The summed E-state index contributed by atoms with van der Waals surface area (Å²) in [6.45, 7) is 1.63. The molecule has 0 heterocycles. The molecule has 0 amide bonds. The van der Waals surface area contributed by atoms with Crippen LogP contribution in [0.3, 0.4) is 0 Å². The molecule has 0 fully saturated rings. The Morgan fingerprint density at radius 2 is 1.64 bits per heavy atom. The van der Waals surface area contributed by atoms with E-state index >= 15 is 0 Å². The molecule has 118 valence electrons. The van der Waals surface area contributed by atoms with Gasteiger partial charge in [-0.3, -0.25) is 4.72 Å². The van der Waals surface area contributed by atoms with Crippen molar-refractivity contribution in [1.82, 2.24) is 0 Å². The number of rotatable bonds is 3. The molecule has 22 heavy (non-hydrogen) atoms. The van der Waals surface area contributed by atoms with Crippen molar-refractivity contribution in [3.05, 3.63) is 58.6 Å². The summed E-state index contributed by atoms with van der Waals surface area (Å²) in [5.74, 6) is 0. The summed E-state index contributed by atoms with van der Waals surface area (Å²) in [5.41, 5.74) is -0.113. The summed E-state index contributed by atoms with van der Waals surface area (Å²) < 4.78 is 64.1. The molecule has 0 radical (unpaired) electrons. The van der Waals surface area contributed by atoms with Crippen molar-refractivity contribution >= 4 is 27.3 Å². The van der Waals surface area contributed by atoms with Crippen LogP contribution in [0.2, 0.25) is 5.02 Å². The van der Waals surface area contributed by atoms with Crippen LogP contribution >= 0.6 is 11.6 Å². The molecule has 2 aromatic carbocycles. The summed E-state index contributed by atoms with van der Waals surface area (Å²) in [7, 11) is -3.99. The van der Waals surface area contributed by atoms with Crippen molar-refractivity contribution in [2.75, 3.05) is 4.72 Å². The maximum atomic E-state index is 12.5. The lowest BCUT2D eigenvalue weighted by Crippen LogP contribution is -2.14. The predicted molar refractivity (Wildman–Crippen MR) is 78.4 cm³/mol. The molecular formula is C14H11ClF3NO2S. The number of sulfonamides is 1. The largest absolute Gasteiger partial charge is 0.416 e. The summed E-state index contributed by atoms with van der Waals surface area (Å²) in [6.07, 6.45) is -4.51. The van der Waals surface area contributed by atoms with Gasteiger partial charge in [-0.05, 0) is 48.9 Å². The fourth-order valence-electron chi connectivity index (χ4n) is 1.74. The fraction of sp³-hybridized carbons (Fsp3) is 0.143. The second-order valence-electron chi connectivity index (χ2n) is 4.54. The lowest BCUT2D eigenvalue weighted by atomic mass is 10.2. The minimum Gasteiger partial charge on any atom is -0.279 e. The molecule has 1 N–H and O–H groups in total. The predicted octanol–water partition coefficient (Wildman–Crippen LogP) is 4.47. The molecule has 2 rings (SSSR count). The molecule has 8 heteroatoms. The number of anilines is 1. The number of benzene rings is 2. The molecule has 0 spiro atoms. The van der Waals surface area contributed by atoms with Gasteiger partial charge in [0.1, 0.15) is 0 Å². The van der Waals surface area contributed by atoms with Crippen molar-refractivity contribution in [2.45, 2.75) is 18.0 Å². The van der Waals surface area contributed by atoms with Gasteiger partial charge in [-0.25, -0.2) is 8.42 Å². The molecule has 3 nitrogen and oxygen atoms in total. The zero-order valence-corrected chi connectivity index (χ0v) is 12.9. The van der Waals surface area contributed by atoms with E-state index < -0.39 is 21.8 Å². The number of nitrogens with one attached hydrogen (secondary N) is 1. The Morgan fingerprint density at radius 1 is 1.05 bits per heavy atom. The van der Waals surface area contributed by atoms with Gasteiger partial charge in [0.2, 0.25) is 0 Å². The number of hydrogen-bond donors (Lipinski definition) is 1. The van der Waals surface area contributed by atoms with Crippen molar-refractivity contribution in [3.8, 4) is 0 Å². The minimum atomic E-state index is -4.51. The Kier molecular flexibility index (Phi) is 4.39. The monoisotopic (exact) mass is 349 g/mol. The van der Waals surface area contributed by atoms with Crippen LogP contribution in [-0.4, -0.2) is 8.42 Å². The highest BCUT2D eigenvalue weighted by Gasteiger charge is 2.30. The molecule has 0 aliphatic heterocycles. The van der Waals surface area contributed by atoms with E-state index in [2.05, 4.69) is 4.72 Å². The van der Waals surface area contributed by atoms with Gasteiger partial charge < -0.3 is 0 Å². The van der Waals surface area contributed by atoms with E-state index in [-0.39, 0.29) is 10.6 Å². The van der Waals surface area contributed by atoms with Crippen LogP contribution in [0.1, 0.15) is 11.1 Å². The van der Waals surface area contributed by atoms with E-state index in [4.69, 9.17) is 11.6 Å². The maximum absolute atomic E-state index is 12.5. The maximum Gasteiger partial charge on any atom is 0.416 e. The third-order valence-electron chi connectivity index (χ3n) is 3.00. The molecular weight excluding hydrogens is 339 g/mol. The Balaban J connectivity index is 2.33. The lowest BCUT2D eigenvalue weighted by molar-refractivity contribution is -0.137. The summed E-state index contributed by atoms with van der Waals surface area (Å²) in [6, 6.07) is 7.95. The van der Waals surface area contributed by atoms with Gasteiger partial charge in [0, 0.05) is 5.02 Å². The van der Waals surface area contributed by atoms with E-state index in [0.29, 0.717) is 10.6 Å². The Morgan fingerprint density at radius 3 is 2.18 bits per heavy atom. The van der Waals surface area contributed by atoms with E-state index in [1.165, 1.54) is 6.07 Å². The molecule has 0 saturated heterocycles. The zero-order valence-electron chi connectivity index (χ0n) is 11.3. The van der Waals surface area contributed by atoms with E-state index in [9.17, 15) is 21.6 Å². The third-order valence-corrected chi connectivity index (χ3v) is 4.79. The van der Waals surface area contributed by atoms with Gasteiger partial charge >= 0.3 is 6.18 Å². The van der Waals surface area contributed by atoms with Crippen molar-refractivity contribution in [1.29, 1.82) is 0 Å². The molecule has 0 saturated carbocycles. The van der Waals surface area contributed by atoms with Crippen LogP contribution in [0, 0.1) is 6.92 Å². The van der Waals surface area contributed by atoms with Crippen molar-refractivity contribution < 1.29 is 21.6 Å². The normalized spacial score (nSPS) is 12.2. The third kappa shape index (κ3) is 3.53. The SMILES string of the molecule is Cc1c(Cl)cccc1NS(=O)(=O)c1ccc(C(F)(F)F)cc1. The summed E-state index contributed by atoms with van der Waals surface area (Å²) in [5, 5.41) is 0.382. The van der Waals surface area contributed by atoms with Crippen LogP contribution < -0.4 is 4.72 Å².